The van der Waals surface area contributed by atoms with Crippen molar-refractivity contribution in [2.24, 2.45) is 5.73 Å². The molecule has 5 N–H and O–H groups in total. The minimum absolute atomic E-state index is 0.0637. The van der Waals surface area contributed by atoms with Crippen molar-refractivity contribution in [1.29, 1.82) is 5.26 Å². The van der Waals surface area contributed by atoms with Crippen molar-refractivity contribution in [1.82, 2.24) is 14.6 Å². The number of fused-ring (bicyclic) bond motifs is 1. The van der Waals surface area contributed by atoms with Crippen molar-refractivity contribution in [3.8, 4) is 6.07 Å². The maximum Gasteiger partial charge on any atom is 0.490 e. The Balaban J connectivity index is 0.000000470. The molecule has 0 bridgehead atoms. The van der Waals surface area contributed by atoms with Crippen LogP contribution in [0.25, 0.3) is 5.65 Å². The highest BCUT2D eigenvalue weighted by Crippen LogP contribution is 2.31. The molecule has 1 aromatic carbocycles. The number of anilines is 4. The van der Waals surface area contributed by atoms with Crippen LogP contribution in [0.3, 0.4) is 0 Å². The van der Waals surface area contributed by atoms with Crippen LogP contribution in [0, 0.1) is 11.3 Å². The largest absolute Gasteiger partial charge is 0.490 e. The number of nitrogens with zero attached hydrogens (tertiary/aromatic N) is 5. The van der Waals surface area contributed by atoms with Gasteiger partial charge in [0.25, 0.3) is 0 Å². The average molecular weight is 581 g/mol. The smallest absolute Gasteiger partial charge is 0.475 e. The molecule has 2 aromatic heterocycles. The summed E-state index contributed by atoms with van der Waals surface area (Å²) in [6.45, 7) is 1.51. The second kappa shape index (κ2) is 11.2. The lowest BCUT2D eigenvalue weighted by Gasteiger charge is -2.22. The number of nitrogens with two attached hydrogens (primary N) is 1. The standard InChI is InChI=1S/C22H26N8O2S.C2HF3O2/c1-33(31,32)13-14-8-18(4-5-19(14)29-7-6-16(24)12-29)26-20-9-21(27-17-2-3-17)30-22(28-20)15(10-23)11-25-30;3-2(4,5)1(6)7/h4-5,8-9,11,16-17,27H,2-3,6-7,12-13,24H2,1H3,(H,26,28);(H,6,7)/t16-;/m0./s1. The molecular formula is C24H27F3N8O4S. The number of carboxylic acid groups (broad SMARTS) is 1. The Morgan fingerprint density at radius 1 is 1.27 bits per heavy atom. The van der Waals surface area contributed by atoms with Gasteiger partial charge in [0.2, 0.25) is 0 Å². The Morgan fingerprint density at radius 3 is 2.52 bits per heavy atom. The molecule has 12 nitrogen and oxygen atoms in total. The molecule has 1 aliphatic heterocycles. The zero-order valence-electron chi connectivity index (χ0n) is 21.3. The van der Waals surface area contributed by atoms with E-state index in [2.05, 4.69) is 31.7 Å². The molecule has 40 heavy (non-hydrogen) atoms. The molecule has 3 aromatic rings. The Kier molecular flexibility index (Phi) is 8.08. The fourth-order valence-electron chi connectivity index (χ4n) is 4.17. The number of aliphatic carboxylic acids is 1. The second-order valence-corrected chi connectivity index (χ2v) is 11.8. The molecular weight excluding hydrogens is 553 g/mol. The predicted molar refractivity (Wildman–Crippen MR) is 141 cm³/mol. The topological polar surface area (TPSA) is 179 Å². The normalized spacial score (nSPS) is 17.2. The molecule has 0 amide bonds. The van der Waals surface area contributed by atoms with Crippen LogP contribution < -0.4 is 21.3 Å². The summed E-state index contributed by atoms with van der Waals surface area (Å²) in [5, 5.41) is 27.6. The molecule has 1 atom stereocenters. The third-order valence-corrected chi connectivity index (χ3v) is 6.93. The number of rotatable bonds is 7. The van der Waals surface area contributed by atoms with Crippen LogP contribution >= 0.6 is 0 Å². The van der Waals surface area contributed by atoms with E-state index in [1.54, 1.807) is 4.52 Å². The van der Waals surface area contributed by atoms with Crippen molar-refractivity contribution >= 4 is 44.5 Å². The van der Waals surface area contributed by atoms with Gasteiger partial charge in [0.1, 0.15) is 23.3 Å². The van der Waals surface area contributed by atoms with Gasteiger partial charge in [-0.25, -0.2) is 18.2 Å². The highest BCUT2D eigenvalue weighted by Gasteiger charge is 2.38. The quantitative estimate of drug-likeness (QED) is 0.323. The zero-order chi connectivity index (χ0) is 29.2. The van der Waals surface area contributed by atoms with E-state index >= 15 is 0 Å². The van der Waals surface area contributed by atoms with Crippen LogP contribution in [-0.4, -0.2) is 71.7 Å². The Bertz CT molecular complexity index is 1560. The minimum atomic E-state index is -5.08. The first-order chi connectivity index (χ1) is 18.7. The predicted octanol–water partition coefficient (Wildman–Crippen LogP) is 2.63. The summed E-state index contributed by atoms with van der Waals surface area (Å²) in [5.41, 5.74) is 9.24. The Hall–Kier alpha value is -4.10. The number of nitrogens with one attached hydrogen (secondary N) is 2. The lowest BCUT2D eigenvalue weighted by atomic mass is 10.1. The van der Waals surface area contributed by atoms with Gasteiger partial charge in [-0.3, -0.25) is 0 Å². The van der Waals surface area contributed by atoms with Gasteiger partial charge in [0.05, 0.1) is 11.9 Å². The van der Waals surface area contributed by atoms with Crippen molar-refractivity contribution in [3.63, 3.8) is 0 Å². The first kappa shape index (κ1) is 28.9. The number of hydrogen-bond acceptors (Lipinski definition) is 10. The number of halogens is 3. The van der Waals surface area contributed by atoms with Gasteiger partial charge in [-0.05, 0) is 43.0 Å². The summed E-state index contributed by atoms with van der Waals surface area (Å²) >= 11 is 0. The maximum absolute atomic E-state index is 12.1. The van der Waals surface area contributed by atoms with Crippen molar-refractivity contribution < 1.29 is 31.5 Å². The summed E-state index contributed by atoms with van der Waals surface area (Å²) < 4.78 is 57.6. The van der Waals surface area contributed by atoms with Crippen LogP contribution in [0.5, 0.6) is 0 Å². The van der Waals surface area contributed by atoms with Gasteiger partial charge in [0, 0.05) is 48.9 Å². The first-order valence-corrected chi connectivity index (χ1v) is 14.2. The van der Waals surface area contributed by atoms with Crippen LogP contribution in [-0.2, 0) is 20.4 Å². The van der Waals surface area contributed by atoms with Crippen LogP contribution in [0.4, 0.5) is 36.2 Å². The highest BCUT2D eigenvalue weighted by molar-refractivity contribution is 7.89. The minimum Gasteiger partial charge on any atom is -0.475 e. The molecule has 1 saturated carbocycles. The van der Waals surface area contributed by atoms with Crippen molar-refractivity contribution in [2.45, 2.75) is 43.3 Å². The highest BCUT2D eigenvalue weighted by atomic mass is 32.2. The molecule has 214 valence electrons. The monoisotopic (exact) mass is 580 g/mol. The molecule has 2 fully saturated rings. The van der Waals surface area contributed by atoms with E-state index in [0.717, 1.165) is 42.9 Å². The molecule has 1 aliphatic carbocycles. The maximum atomic E-state index is 12.1. The fourth-order valence-corrected chi connectivity index (χ4v) is 4.97. The zero-order valence-corrected chi connectivity index (χ0v) is 22.1. The molecule has 0 unspecified atom stereocenters. The van der Waals surface area contributed by atoms with E-state index in [1.807, 2.05) is 24.3 Å². The molecule has 1 saturated heterocycles. The van der Waals surface area contributed by atoms with Gasteiger partial charge in [-0.15, -0.1) is 0 Å². The summed E-state index contributed by atoms with van der Waals surface area (Å²) in [5.74, 6) is -1.52. The van der Waals surface area contributed by atoms with Crippen LogP contribution in [0.2, 0.25) is 0 Å². The third-order valence-electron chi connectivity index (χ3n) is 6.10. The third kappa shape index (κ3) is 7.30. The molecule has 2 aliphatic rings. The number of aromatic nitrogens is 3. The molecule has 0 spiro atoms. The number of alkyl halides is 3. The SMILES string of the molecule is CS(=O)(=O)Cc1cc(Nc2cc(NC3CC3)n3ncc(C#N)c3n2)ccc1N1CC[C@H](N)C1.O=C(O)C(F)(F)F. The molecule has 0 radical (unpaired) electrons. The summed E-state index contributed by atoms with van der Waals surface area (Å²) in [6.07, 6.45) is 0.724. The number of benzene rings is 1. The second-order valence-electron chi connectivity index (χ2n) is 9.69. The molecule has 5 rings (SSSR count). The van der Waals surface area contributed by atoms with Gasteiger partial charge < -0.3 is 26.4 Å². The lowest BCUT2D eigenvalue weighted by molar-refractivity contribution is -0.192. The summed E-state index contributed by atoms with van der Waals surface area (Å²) in [6, 6.07) is 10.2. The fraction of sp³-hybridized carbons (Fsp3) is 0.417. The number of carboxylic acids is 1. The van der Waals surface area contributed by atoms with Gasteiger partial charge in [0.15, 0.2) is 15.5 Å². The first-order valence-electron chi connectivity index (χ1n) is 12.2. The summed E-state index contributed by atoms with van der Waals surface area (Å²) in [7, 11) is -3.23. The number of nitriles is 1. The van der Waals surface area contributed by atoms with Crippen molar-refractivity contribution in [3.05, 3.63) is 41.6 Å². The average Bonchev–Trinajstić information content (AvgIpc) is 3.40. The molecule has 16 heteroatoms. The van der Waals surface area contributed by atoms with Gasteiger partial charge >= 0.3 is 12.1 Å². The molecule has 3 heterocycles. The van der Waals surface area contributed by atoms with E-state index in [0.29, 0.717) is 35.3 Å². The van der Waals surface area contributed by atoms with E-state index in [1.165, 1.54) is 12.5 Å². The van der Waals surface area contributed by atoms with E-state index < -0.39 is 22.0 Å². The van der Waals surface area contributed by atoms with E-state index in [-0.39, 0.29) is 11.8 Å². The van der Waals surface area contributed by atoms with E-state index in [9.17, 15) is 26.9 Å². The van der Waals surface area contributed by atoms with Crippen LogP contribution in [0.1, 0.15) is 30.4 Å². The van der Waals surface area contributed by atoms with Gasteiger partial charge in [-0.1, -0.05) is 0 Å². The Morgan fingerprint density at radius 2 is 1.98 bits per heavy atom. The number of carbonyl (C=O) groups is 1. The number of hydrogen-bond donors (Lipinski definition) is 4. The van der Waals surface area contributed by atoms with E-state index in [4.69, 9.17) is 15.6 Å². The van der Waals surface area contributed by atoms with Crippen molar-refractivity contribution in [2.75, 3.05) is 34.9 Å². The Labute approximate surface area is 227 Å². The lowest BCUT2D eigenvalue weighted by Crippen LogP contribution is -2.27. The summed E-state index contributed by atoms with van der Waals surface area (Å²) in [4.78, 5) is 15.6. The van der Waals surface area contributed by atoms with Crippen LogP contribution in [0.15, 0.2) is 30.5 Å². The number of sulfone groups is 1. The van der Waals surface area contributed by atoms with Gasteiger partial charge in [-0.2, -0.15) is 28.0 Å².